The molecule has 18 nitrogen and oxygen atoms in total. The van der Waals surface area contributed by atoms with Crippen molar-refractivity contribution in [2.45, 2.75) is 38.9 Å². The summed E-state index contributed by atoms with van der Waals surface area (Å²) in [4.78, 5) is 52.1. The molecule has 0 spiro atoms. The van der Waals surface area contributed by atoms with Gasteiger partial charge in [0.05, 0.1) is 33.2 Å². The number of phenols is 1. The topological polar surface area (TPSA) is 205 Å². The largest absolute Gasteiger partial charge is 0.507 e. The van der Waals surface area contributed by atoms with Gasteiger partial charge in [0.1, 0.15) is 22.9 Å². The molecule has 6 heterocycles. The van der Waals surface area contributed by atoms with Crippen LogP contribution in [0.4, 0.5) is 11.4 Å². The number of nitrogens with one attached hydrogen (secondary N) is 4. The monoisotopic (exact) mass is 874 g/mol. The summed E-state index contributed by atoms with van der Waals surface area (Å²) in [7, 11) is 5.22. The highest BCUT2D eigenvalue weighted by molar-refractivity contribution is 6.07. The second kappa shape index (κ2) is 16.6. The first-order valence-corrected chi connectivity index (χ1v) is 21.8. The van der Waals surface area contributed by atoms with Crippen LogP contribution in [0.15, 0.2) is 73.1 Å². The lowest BCUT2D eigenvalue weighted by atomic mass is 10.1. The average molecular weight is 875 g/mol. The van der Waals surface area contributed by atoms with E-state index >= 15 is 0 Å². The summed E-state index contributed by atoms with van der Waals surface area (Å²) in [5.74, 6) is -0.130. The van der Waals surface area contributed by atoms with Crippen LogP contribution in [0.25, 0.3) is 66.4 Å². The van der Waals surface area contributed by atoms with E-state index in [-0.39, 0.29) is 53.5 Å². The van der Waals surface area contributed by atoms with Gasteiger partial charge < -0.3 is 40.9 Å². The van der Waals surface area contributed by atoms with Gasteiger partial charge in [0.2, 0.25) is 0 Å². The molecule has 5 N–H and O–H groups in total. The highest BCUT2D eigenvalue weighted by atomic mass is 16.5. The van der Waals surface area contributed by atoms with E-state index in [4.69, 9.17) is 24.7 Å². The Kier molecular flexibility index (Phi) is 10.6. The van der Waals surface area contributed by atoms with Gasteiger partial charge in [-0.05, 0) is 69.3 Å². The Morgan fingerprint density at radius 2 is 1.28 bits per heavy atom. The number of amides is 2. The van der Waals surface area contributed by atoms with Crippen molar-refractivity contribution in [1.82, 2.24) is 60.8 Å². The second-order valence-corrected chi connectivity index (χ2v) is 17.2. The van der Waals surface area contributed by atoms with E-state index in [1.807, 2.05) is 69.0 Å². The molecule has 0 bridgehead atoms. The fourth-order valence-electron chi connectivity index (χ4n) is 9.13. The molecular weight excluding hydrogens is 825 g/mol. The molecule has 2 fully saturated rings. The predicted octanol–water partition coefficient (Wildman–Crippen LogP) is 4.50. The van der Waals surface area contributed by atoms with Gasteiger partial charge in [-0.15, -0.1) is 0 Å². The van der Waals surface area contributed by atoms with E-state index in [1.54, 1.807) is 34.6 Å². The quantitative estimate of drug-likeness (QED) is 0.127. The van der Waals surface area contributed by atoms with Crippen molar-refractivity contribution in [1.29, 1.82) is 0 Å². The molecule has 3 atom stereocenters. The molecule has 2 saturated heterocycles. The molecule has 2 aliphatic heterocycles. The molecule has 65 heavy (non-hydrogen) atoms. The summed E-state index contributed by atoms with van der Waals surface area (Å²) in [6.07, 6.45) is 3.72. The van der Waals surface area contributed by atoms with Gasteiger partial charge in [-0.25, -0.2) is 19.9 Å². The third kappa shape index (κ3) is 8.06. The Morgan fingerprint density at radius 3 is 1.91 bits per heavy atom. The van der Waals surface area contributed by atoms with Crippen molar-refractivity contribution in [3.63, 3.8) is 0 Å². The number of anilines is 2. The molecule has 4 aromatic carbocycles. The molecule has 18 heteroatoms. The molecular formula is C47H50N14O4. The maximum Gasteiger partial charge on any atom is 0.273 e. The van der Waals surface area contributed by atoms with Gasteiger partial charge in [-0.1, -0.05) is 0 Å². The van der Waals surface area contributed by atoms with Crippen molar-refractivity contribution in [3.05, 3.63) is 84.4 Å². The van der Waals surface area contributed by atoms with Crippen LogP contribution in [0.2, 0.25) is 0 Å². The number of aromatic nitrogens is 8. The standard InChI is InChI=1S/C47H50N14O4/c1-25-19-60(12-11-49-25)30-7-9-36-32(15-30)42(46(63)48-4)54-45(53-36)35-14-29-23-59(6)57-39(29)18-41(35)65-24-50-47(64)43-33-16-31(61-20-26(2)51-27(3)21-61)8-10-37(33)52-44(55-43)34-13-28-22-58(5)56-38(28)17-40(34)62/h7-10,13-18,22-23,25-27,49,51,62H,11-12,19-21,24H2,1-6H3,(H,48,63)(H,50,64)/t25-,26-,27+/m0/s1. The van der Waals surface area contributed by atoms with Gasteiger partial charge in [-0.3, -0.25) is 19.0 Å². The normalized spacial score (nSPS) is 17.9. The van der Waals surface area contributed by atoms with E-state index in [1.165, 1.54) is 0 Å². The molecule has 10 rings (SSSR count). The Morgan fingerprint density at radius 1 is 0.708 bits per heavy atom. The van der Waals surface area contributed by atoms with Crippen LogP contribution in [-0.4, -0.2) is 121 Å². The molecule has 0 aliphatic carbocycles. The minimum absolute atomic E-state index is 0.0618. The van der Waals surface area contributed by atoms with Gasteiger partial charge in [0.25, 0.3) is 11.8 Å². The number of piperazine rings is 2. The minimum Gasteiger partial charge on any atom is -0.507 e. The third-order valence-corrected chi connectivity index (χ3v) is 12.1. The molecule has 0 saturated carbocycles. The summed E-state index contributed by atoms with van der Waals surface area (Å²) in [6.45, 7) is 10.3. The number of hydrogen-bond donors (Lipinski definition) is 5. The van der Waals surface area contributed by atoms with E-state index in [9.17, 15) is 14.7 Å². The molecule has 332 valence electrons. The maximum atomic E-state index is 14.5. The highest BCUT2D eigenvalue weighted by Crippen LogP contribution is 2.36. The van der Waals surface area contributed by atoms with Crippen molar-refractivity contribution < 1.29 is 19.4 Å². The van der Waals surface area contributed by atoms with Crippen molar-refractivity contribution in [3.8, 4) is 34.3 Å². The highest BCUT2D eigenvalue weighted by Gasteiger charge is 2.26. The zero-order valence-corrected chi connectivity index (χ0v) is 37.0. The fourth-order valence-corrected chi connectivity index (χ4v) is 9.13. The Labute approximate surface area is 374 Å². The van der Waals surface area contributed by atoms with Gasteiger partial charge in [0.15, 0.2) is 18.4 Å². The number of hydrogen-bond acceptors (Lipinski definition) is 14. The zero-order valence-electron chi connectivity index (χ0n) is 37.0. The number of ether oxygens (including phenoxy) is 1. The van der Waals surface area contributed by atoms with Crippen LogP contribution in [-0.2, 0) is 14.1 Å². The number of carbonyl (C=O) groups excluding carboxylic acids is 2. The number of carbonyl (C=O) groups is 2. The van der Waals surface area contributed by atoms with Crippen molar-refractivity contribution in [2.75, 3.05) is 56.3 Å². The van der Waals surface area contributed by atoms with Crippen LogP contribution >= 0.6 is 0 Å². The average Bonchev–Trinajstić information content (AvgIpc) is 3.85. The second-order valence-electron chi connectivity index (χ2n) is 17.2. The van der Waals surface area contributed by atoms with Gasteiger partial charge in [-0.2, -0.15) is 10.2 Å². The van der Waals surface area contributed by atoms with E-state index < -0.39 is 5.91 Å². The molecule has 2 aliphatic rings. The predicted molar refractivity (Wildman–Crippen MR) is 250 cm³/mol. The number of benzene rings is 4. The fraction of sp³-hybridized carbons (Fsp3) is 0.319. The van der Waals surface area contributed by atoms with E-state index in [0.717, 1.165) is 54.9 Å². The number of aryl methyl sites for hydroxylation is 2. The van der Waals surface area contributed by atoms with Crippen LogP contribution < -0.4 is 35.8 Å². The first-order chi connectivity index (χ1) is 31.4. The molecule has 2 amide bonds. The van der Waals surface area contributed by atoms with Gasteiger partial charge in [0, 0.05) is 129 Å². The number of phenolic OH excluding ortho intramolecular Hbond substituents is 1. The Bertz CT molecular complexity index is 3170. The van der Waals surface area contributed by atoms with E-state index in [0.29, 0.717) is 55.8 Å². The molecule has 0 unspecified atom stereocenters. The lowest BCUT2D eigenvalue weighted by molar-refractivity contribution is 0.0914. The summed E-state index contributed by atoms with van der Waals surface area (Å²) in [6, 6.07) is 19.6. The van der Waals surface area contributed by atoms with Crippen LogP contribution in [0.1, 0.15) is 41.7 Å². The number of rotatable bonds is 9. The smallest absolute Gasteiger partial charge is 0.273 e. The Hall–Kier alpha value is -7.44. The first-order valence-electron chi connectivity index (χ1n) is 21.8. The number of nitrogens with zero attached hydrogens (tertiary/aromatic N) is 10. The van der Waals surface area contributed by atoms with Crippen molar-refractivity contribution in [2.24, 2.45) is 14.1 Å². The molecule has 8 aromatic rings. The SMILES string of the molecule is CNC(=O)c1nc(-c2cc3cn(C)nc3cc2OCNC(=O)c2nc(-c3cc4cn(C)nc4cc3O)nc3ccc(N4C[C@@H](C)N[C@@H](C)C4)cc23)nc2ccc(N3CCN[C@@H](C)C3)cc12. The third-order valence-electron chi connectivity index (χ3n) is 12.1. The molecule has 0 radical (unpaired) electrons. The lowest BCUT2D eigenvalue weighted by Crippen LogP contribution is -2.54. The summed E-state index contributed by atoms with van der Waals surface area (Å²) in [5.41, 5.74) is 5.53. The number of aromatic hydroxyl groups is 1. The lowest BCUT2D eigenvalue weighted by Gasteiger charge is -2.37. The van der Waals surface area contributed by atoms with Gasteiger partial charge >= 0.3 is 0 Å². The molecule has 4 aromatic heterocycles. The Balaban J connectivity index is 1.01. The van der Waals surface area contributed by atoms with Crippen LogP contribution in [0.5, 0.6) is 11.5 Å². The first kappa shape index (κ1) is 41.6. The minimum atomic E-state index is -0.515. The van der Waals surface area contributed by atoms with Crippen molar-refractivity contribution >= 4 is 66.8 Å². The number of fused-ring (bicyclic) bond motifs is 4. The van der Waals surface area contributed by atoms with Crippen LogP contribution in [0.3, 0.4) is 0 Å². The maximum absolute atomic E-state index is 14.5. The zero-order chi connectivity index (χ0) is 45.1. The van der Waals surface area contributed by atoms with Crippen LogP contribution in [0, 0.1) is 0 Å². The summed E-state index contributed by atoms with van der Waals surface area (Å²) < 4.78 is 9.78. The summed E-state index contributed by atoms with van der Waals surface area (Å²) >= 11 is 0. The summed E-state index contributed by atoms with van der Waals surface area (Å²) in [5, 5.41) is 35.7. The van der Waals surface area contributed by atoms with E-state index in [2.05, 4.69) is 62.0 Å².